The first-order valence-corrected chi connectivity index (χ1v) is 8.91. The fraction of sp³-hybridized carbons (Fsp3) is 0.450. The van der Waals surface area contributed by atoms with E-state index >= 15 is 0 Å². The molecule has 2 aromatic rings. The molecule has 0 saturated heterocycles. The third-order valence-electron chi connectivity index (χ3n) is 4.72. The van der Waals surface area contributed by atoms with Crippen molar-refractivity contribution in [3.63, 3.8) is 0 Å². The first kappa shape index (κ1) is 16.6. The molecule has 1 heterocycles. The monoisotopic (exact) mass is 323 g/mol. The van der Waals surface area contributed by atoms with Crippen LogP contribution in [0, 0.1) is 5.92 Å². The molecule has 1 saturated carbocycles. The predicted molar refractivity (Wildman–Crippen MR) is 96.7 cm³/mol. The Morgan fingerprint density at radius 1 is 1.17 bits per heavy atom. The normalized spacial score (nSPS) is 15.2. The summed E-state index contributed by atoms with van der Waals surface area (Å²) in [5.74, 6) is 1.29. The van der Waals surface area contributed by atoms with E-state index in [1.165, 1.54) is 39.0 Å². The third kappa shape index (κ3) is 4.40. The SMILES string of the molecule is CC(=O)Nc1ncc(-c2ccccc2)nc1CCC1CCCCC1. The summed E-state index contributed by atoms with van der Waals surface area (Å²) in [6.45, 7) is 1.51. The minimum Gasteiger partial charge on any atom is -0.309 e. The van der Waals surface area contributed by atoms with Crippen LogP contribution in [0.3, 0.4) is 0 Å². The van der Waals surface area contributed by atoms with E-state index in [9.17, 15) is 4.79 Å². The van der Waals surface area contributed by atoms with Crippen LogP contribution in [-0.4, -0.2) is 15.9 Å². The molecule has 1 aliphatic rings. The Bertz CT molecular complexity index is 679. The van der Waals surface area contributed by atoms with Crippen molar-refractivity contribution in [2.45, 2.75) is 51.9 Å². The van der Waals surface area contributed by atoms with Crippen molar-refractivity contribution in [1.82, 2.24) is 9.97 Å². The lowest BCUT2D eigenvalue weighted by Gasteiger charge is -2.21. The molecule has 24 heavy (non-hydrogen) atoms. The molecule has 0 aliphatic heterocycles. The number of aryl methyl sites for hydroxylation is 1. The third-order valence-corrected chi connectivity index (χ3v) is 4.72. The second-order valence-corrected chi connectivity index (χ2v) is 6.64. The fourth-order valence-corrected chi connectivity index (χ4v) is 3.44. The Morgan fingerprint density at radius 3 is 2.62 bits per heavy atom. The van der Waals surface area contributed by atoms with Crippen LogP contribution in [0.1, 0.15) is 51.1 Å². The Kier molecular flexibility index (Phi) is 5.57. The van der Waals surface area contributed by atoms with Crippen LogP contribution in [0.5, 0.6) is 0 Å². The number of nitrogens with one attached hydrogen (secondary N) is 1. The van der Waals surface area contributed by atoms with Crippen LogP contribution in [0.4, 0.5) is 5.82 Å². The minimum atomic E-state index is -0.101. The van der Waals surface area contributed by atoms with E-state index in [1.54, 1.807) is 6.20 Å². The molecule has 0 spiro atoms. The van der Waals surface area contributed by atoms with Gasteiger partial charge < -0.3 is 5.32 Å². The Morgan fingerprint density at radius 2 is 1.92 bits per heavy atom. The molecular weight excluding hydrogens is 298 g/mol. The van der Waals surface area contributed by atoms with Gasteiger partial charge in [-0.3, -0.25) is 4.79 Å². The Labute approximate surface area is 143 Å². The number of anilines is 1. The van der Waals surface area contributed by atoms with Gasteiger partial charge in [0, 0.05) is 12.5 Å². The number of hydrogen-bond acceptors (Lipinski definition) is 3. The Hall–Kier alpha value is -2.23. The summed E-state index contributed by atoms with van der Waals surface area (Å²) in [4.78, 5) is 20.7. The molecule has 1 aromatic carbocycles. The van der Waals surface area contributed by atoms with E-state index in [-0.39, 0.29) is 5.91 Å². The number of rotatable bonds is 5. The Balaban J connectivity index is 1.80. The van der Waals surface area contributed by atoms with E-state index in [4.69, 9.17) is 4.98 Å². The van der Waals surface area contributed by atoms with Gasteiger partial charge in [-0.25, -0.2) is 9.97 Å². The molecule has 4 nitrogen and oxygen atoms in total. The zero-order valence-corrected chi connectivity index (χ0v) is 14.3. The zero-order valence-electron chi connectivity index (χ0n) is 14.3. The van der Waals surface area contributed by atoms with Crippen molar-refractivity contribution in [1.29, 1.82) is 0 Å². The largest absolute Gasteiger partial charge is 0.309 e. The van der Waals surface area contributed by atoms with Crippen LogP contribution in [0.2, 0.25) is 0 Å². The van der Waals surface area contributed by atoms with Gasteiger partial charge in [-0.05, 0) is 18.8 Å². The van der Waals surface area contributed by atoms with Crippen LogP contribution < -0.4 is 5.32 Å². The summed E-state index contributed by atoms with van der Waals surface area (Å²) < 4.78 is 0. The summed E-state index contributed by atoms with van der Waals surface area (Å²) in [5, 5.41) is 2.83. The first-order chi connectivity index (χ1) is 11.7. The molecule has 3 rings (SSSR count). The van der Waals surface area contributed by atoms with Crippen molar-refractivity contribution in [3.8, 4) is 11.3 Å². The number of aromatic nitrogens is 2. The summed E-state index contributed by atoms with van der Waals surface area (Å²) in [5.41, 5.74) is 2.82. The van der Waals surface area contributed by atoms with Gasteiger partial charge in [0.15, 0.2) is 5.82 Å². The van der Waals surface area contributed by atoms with Gasteiger partial charge in [0.2, 0.25) is 5.91 Å². The van der Waals surface area contributed by atoms with Crippen molar-refractivity contribution >= 4 is 11.7 Å². The number of hydrogen-bond donors (Lipinski definition) is 1. The highest BCUT2D eigenvalue weighted by Crippen LogP contribution is 2.28. The number of nitrogens with zero attached hydrogens (tertiary/aromatic N) is 2. The van der Waals surface area contributed by atoms with E-state index in [0.29, 0.717) is 5.82 Å². The van der Waals surface area contributed by atoms with Crippen molar-refractivity contribution in [2.24, 2.45) is 5.92 Å². The van der Waals surface area contributed by atoms with Gasteiger partial charge in [-0.1, -0.05) is 62.4 Å². The minimum absolute atomic E-state index is 0.101. The van der Waals surface area contributed by atoms with Crippen LogP contribution >= 0.6 is 0 Å². The fourth-order valence-electron chi connectivity index (χ4n) is 3.44. The van der Waals surface area contributed by atoms with E-state index in [2.05, 4.69) is 10.3 Å². The van der Waals surface area contributed by atoms with Gasteiger partial charge in [0.25, 0.3) is 0 Å². The first-order valence-electron chi connectivity index (χ1n) is 8.91. The molecule has 1 N–H and O–H groups in total. The van der Waals surface area contributed by atoms with Crippen molar-refractivity contribution in [3.05, 3.63) is 42.2 Å². The zero-order chi connectivity index (χ0) is 16.8. The van der Waals surface area contributed by atoms with Gasteiger partial charge in [0.05, 0.1) is 17.6 Å². The van der Waals surface area contributed by atoms with E-state index < -0.39 is 0 Å². The highest BCUT2D eigenvalue weighted by Gasteiger charge is 2.16. The summed E-state index contributed by atoms with van der Waals surface area (Å²) in [6.07, 6.45) is 10.4. The summed E-state index contributed by atoms with van der Waals surface area (Å²) >= 11 is 0. The molecule has 0 atom stereocenters. The quantitative estimate of drug-likeness (QED) is 0.874. The molecule has 1 aliphatic carbocycles. The van der Waals surface area contributed by atoms with Crippen molar-refractivity contribution < 1.29 is 4.79 Å². The maximum Gasteiger partial charge on any atom is 0.222 e. The smallest absolute Gasteiger partial charge is 0.222 e. The molecule has 1 fully saturated rings. The van der Waals surface area contributed by atoms with E-state index in [1.807, 2.05) is 30.3 Å². The molecule has 1 amide bonds. The number of benzene rings is 1. The maximum atomic E-state index is 11.4. The van der Waals surface area contributed by atoms with Crippen molar-refractivity contribution in [2.75, 3.05) is 5.32 Å². The molecule has 0 unspecified atom stereocenters. The van der Waals surface area contributed by atoms with Crippen LogP contribution in [-0.2, 0) is 11.2 Å². The maximum absolute atomic E-state index is 11.4. The lowest BCUT2D eigenvalue weighted by Crippen LogP contribution is -2.13. The second-order valence-electron chi connectivity index (χ2n) is 6.64. The number of amides is 1. The van der Waals surface area contributed by atoms with E-state index in [0.717, 1.165) is 35.7 Å². The number of carbonyl (C=O) groups excluding carboxylic acids is 1. The van der Waals surface area contributed by atoms with Gasteiger partial charge in [-0.15, -0.1) is 0 Å². The molecule has 1 aromatic heterocycles. The summed E-state index contributed by atoms with van der Waals surface area (Å²) in [6, 6.07) is 10.1. The standard InChI is InChI=1S/C20H25N3O/c1-15(24)22-20-18(13-12-16-8-4-2-5-9-16)23-19(14-21-20)17-10-6-3-7-11-17/h3,6-7,10-11,14,16H,2,4-5,8-9,12-13H2,1H3,(H,21,22,24). The lowest BCUT2D eigenvalue weighted by molar-refractivity contribution is -0.114. The highest BCUT2D eigenvalue weighted by molar-refractivity contribution is 5.88. The molecular formula is C20H25N3O. The van der Waals surface area contributed by atoms with Crippen LogP contribution in [0.15, 0.2) is 36.5 Å². The number of carbonyl (C=O) groups is 1. The molecule has 126 valence electrons. The molecule has 4 heteroatoms. The second kappa shape index (κ2) is 8.04. The summed E-state index contributed by atoms with van der Waals surface area (Å²) in [7, 11) is 0. The molecule has 0 bridgehead atoms. The van der Waals surface area contributed by atoms with Gasteiger partial charge in [-0.2, -0.15) is 0 Å². The molecule has 0 radical (unpaired) electrons. The highest BCUT2D eigenvalue weighted by atomic mass is 16.1. The van der Waals surface area contributed by atoms with Gasteiger partial charge >= 0.3 is 0 Å². The predicted octanol–water partition coefficient (Wildman–Crippen LogP) is 4.61. The lowest BCUT2D eigenvalue weighted by atomic mass is 9.86. The topological polar surface area (TPSA) is 54.9 Å². The average molecular weight is 323 g/mol. The average Bonchev–Trinajstić information content (AvgIpc) is 2.62. The van der Waals surface area contributed by atoms with Gasteiger partial charge in [0.1, 0.15) is 0 Å². The van der Waals surface area contributed by atoms with Crippen LogP contribution in [0.25, 0.3) is 11.3 Å².